The zero-order chi connectivity index (χ0) is 33.1. The lowest BCUT2D eigenvalue weighted by molar-refractivity contribution is -0.139. The van der Waals surface area contributed by atoms with Crippen LogP contribution in [-0.2, 0) is 16.1 Å². The predicted octanol–water partition coefficient (Wildman–Crippen LogP) is 6.47. The summed E-state index contributed by atoms with van der Waals surface area (Å²) in [6.07, 6.45) is 1.72. The van der Waals surface area contributed by atoms with Gasteiger partial charge in [0.05, 0.1) is 59.8 Å². The number of carbonyl (C=O) groups excluding carboxylic acids is 1. The molecule has 3 aromatic carbocycles. The van der Waals surface area contributed by atoms with Gasteiger partial charge in [-0.25, -0.2) is 9.79 Å². The number of para-hydroxylation sites is 1. The first-order valence-electron chi connectivity index (χ1n) is 14.0. The highest BCUT2D eigenvalue weighted by Crippen LogP contribution is 2.41. The number of methoxy groups -OCH3 is 3. The van der Waals surface area contributed by atoms with Gasteiger partial charge in [-0.2, -0.15) is 0 Å². The van der Waals surface area contributed by atoms with E-state index in [2.05, 4.69) is 20.9 Å². The monoisotopic (exact) mass is 746 g/mol. The largest absolute Gasteiger partial charge is 0.493 e. The second-order valence-corrected chi connectivity index (χ2v) is 12.6. The van der Waals surface area contributed by atoms with Crippen LogP contribution in [0.15, 0.2) is 74.1 Å². The minimum Gasteiger partial charge on any atom is -0.493 e. The summed E-state index contributed by atoms with van der Waals surface area (Å²) in [4.78, 5) is 32.7. The maximum atomic E-state index is 14.3. The van der Waals surface area contributed by atoms with Gasteiger partial charge in [-0.15, -0.1) is 0 Å². The van der Waals surface area contributed by atoms with Gasteiger partial charge < -0.3 is 23.7 Å². The highest BCUT2D eigenvalue weighted by Gasteiger charge is 2.35. The molecule has 0 amide bonds. The van der Waals surface area contributed by atoms with Crippen LogP contribution in [0.2, 0.25) is 10.0 Å². The van der Waals surface area contributed by atoms with Crippen LogP contribution in [0.5, 0.6) is 23.0 Å². The van der Waals surface area contributed by atoms with Crippen molar-refractivity contribution < 1.29 is 28.5 Å². The molecule has 1 aliphatic rings. The molecule has 0 spiro atoms. The highest BCUT2D eigenvalue weighted by molar-refractivity contribution is 9.10. The van der Waals surface area contributed by atoms with E-state index in [0.717, 1.165) is 5.56 Å². The molecule has 240 valence electrons. The minimum absolute atomic E-state index is 0.153. The summed E-state index contributed by atoms with van der Waals surface area (Å²) in [7, 11) is 4.59. The van der Waals surface area contributed by atoms with E-state index >= 15 is 0 Å². The van der Waals surface area contributed by atoms with Gasteiger partial charge in [0.1, 0.15) is 6.61 Å². The molecule has 5 rings (SSSR count). The smallest absolute Gasteiger partial charge is 0.338 e. The van der Waals surface area contributed by atoms with Gasteiger partial charge in [-0.05, 0) is 61.4 Å². The van der Waals surface area contributed by atoms with Crippen molar-refractivity contribution >= 4 is 62.5 Å². The molecule has 0 aliphatic carbocycles. The lowest BCUT2D eigenvalue weighted by atomic mass is 9.95. The summed E-state index contributed by atoms with van der Waals surface area (Å²) in [5, 5.41) is 0.857. The zero-order valence-electron chi connectivity index (χ0n) is 25.5. The fourth-order valence-corrected chi connectivity index (χ4v) is 6.95. The van der Waals surface area contributed by atoms with Crippen LogP contribution >= 0.6 is 50.5 Å². The van der Waals surface area contributed by atoms with Crippen LogP contribution < -0.4 is 33.8 Å². The van der Waals surface area contributed by atoms with Crippen LogP contribution in [0.4, 0.5) is 0 Å². The quantitative estimate of drug-likeness (QED) is 0.172. The average Bonchev–Trinajstić information content (AvgIpc) is 3.34. The molecule has 0 unspecified atom stereocenters. The fraction of sp³-hybridized carbons (Fsp3) is 0.242. The first kappa shape index (κ1) is 33.6. The standard InChI is InChI=1S/C33H29BrCl2N2O7S/c1-6-44-32(40)28-17(2)37-33-38(29(28)20-14-25(42-4)26(43-5)15-21(20)34)31(39)27(46-33)13-19-8-7-9-24(41-3)30(19)45-16-18-10-11-22(35)23(36)12-18/h7-15,29H,6,16H2,1-5H3/b27-13-/t29-/m1/s1. The van der Waals surface area contributed by atoms with E-state index in [0.29, 0.717) is 63.7 Å². The van der Waals surface area contributed by atoms with E-state index in [1.165, 1.54) is 30.1 Å². The first-order chi connectivity index (χ1) is 22.1. The Kier molecular flexibility index (Phi) is 10.5. The number of fused-ring (bicyclic) bond motifs is 1. The number of rotatable bonds is 10. The molecular weight excluding hydrogens is 719 g/mol. The molecule has 2 heterocycles. The molecule has 0 fully saturated rings. The number of carbonyl (C=O) groups is 1. The molecule has 13 heteroatoms. The summed E-state index contributed by atoms with van der Waals surface area (Å²) in [5.74, 6) is 1.25. The summed E-state index contributed by atoms with van der Waals surface area (Å²) >= 11 is 17.1. The van der Waals surface area contributed by atoms with Crippen molar-refractivity contribution in [3.63, 3.8) is 0 Å². The Bertz CT molecular complexity index is 2040. The van der Waals surface area contributed by atoms with Crippen molar-refractivity contribution in [3.8, 4) is 23.0 Å². The Morgan fingerprint density at radius 1 is 1.02 bits per heavy atom. The third-order valence-electron chi connectivity index (χ3n) is 7.20. The lowest BCUT2D eigenvalue weighted by Crippen LogP contribution is -2.40. The van der Waals surface area contributed by atoms with Gasteiger partial charge in [0, 0.05) is 10.0 Å². The number of nitrogens with zero attached hydrogens (tertiary/aromatic N) is 2. The van der Waals surface area contributed by atoms with Crippen molar-refractivity contribution in [2.24, 2.45) is 4.99 Å². The second kappa shape index (κ2) is 14.3. The van der Waals surface area contributed by atoms with Crippen molar-refractivity contribution in [1.29, 1.82) is 0 Å². The second-order valence-electron chi connectivity index (χ2n) is 9.95. The van der Waals surface area contributed by atoms with Crippen LogP contribution in [0, 0.1) is 0 Å². The highest BCUT2D eigenvalue weighted by atomic mass is 79.9. The molecule has 0 radical (unpaired) electrons. The molecule has 1 aliphatic heterocycles. The number of benzene rings is 3. The van der Waals surface area contributed by atoms with Crippen molar-refractivity contribution in [2.75, 3.05) is 27.9 Å². The van der Waals surface area contributed by atoms with Gasteiger partial charge in [0.25, 0.3) is 5.56 Å². The molecule has 1 aromatic heterocycles. The summed E-state index contributed by atoms with van der Waals surface area (Å²) in [6.45, 7) is 3.77. The SMILES string of the molecule is CCOC(=O)C1=C(C)N=c2s/c(=C\c3cccc(OC)c3OCc3ccc(Cl)c(Cl)c3)c(=O)n2[C@@H]1c1cc(OC)c(OC)cc1Br. The van der Waals surface area contributed by atoms with Gasteiger partial charge in [-0.1, -0.05) is 68.7 Å². The maximum Gasteiger partial charge on any atom is 0.338 e. The molecule has 1 atom stereocenters. The summed E-state index contributed by atoms with van der Waals surface area (Å²) in [6, 6.07) is 13.2. The van der Waals surface area contributed by atoms with Crippen molar-refractivity contribution in [1.82, 2.24) is 4.57 Å². The van der Waals surface area contributed by atoms with Crippen molar-refractivity contribution in [2.45, 2.75) is 26.5 Å². The van der Waals surface area contributed by atoms with E-state index < -0.39 is 12.0 Å². The topological polar surface area (TPSA) is 97.6 Å². The number of esters is 1. The Morgan fingerprint density at radius 2 is 1.74 bits per heavy atom. The van der Waals surface area contributed by atoms with E-state index in [-0.39, 0.29) is 24.3 Å². The fourth-order valence-electron chi connectivity index (χ4n) is 5.05. The molecular formula is C33H29BrCl2N2O7S. The Hall–Kier alpha value is -3.77. The lowest BCUT2D eigenvalue weighted by Gasteiger charge is -2.26. The Balaban J connectivity index is 1.68. The van der Waals surface area contributed by atoms with Crippen LogP contribution in [0.3, 0.4) is 0 Å². The summed E-state index contributed by atoms with van der Waals surface area (Å²) in [5.41, 5.74) is 2.31. The average molecular weight is 748 g/mol. The molecule has 0 N–H and O–H groups in total. The van der Waals surface area contributed by atoms with E-state index in [1.54, 1.807) is 63.4 Å². The Labute approximate surface area is 287 Å². The Morgan fingerprint density at radius 3 is 2.41 bits per heavy atom. The van der Waals surface area contributed by atoms with Gasteiger partial charge in [0.15, 0.2) is 27.8 Å². The number of ether oxygens (including phenoxy) is 5. The third kappa shape index (κ3) is 6.55. The normalized spacial score (nSPS) is 14.4. The number of thiazole rings is 1. The van der Waals surface area contributed by atoms with Crippen LogP contribution in [0.1, 0.15) is 36.6 Å². The number of allylic oxidation sites excluding steroid dienone is 1. The number of aromatic nitrogens is 1. The molecule has 0 bridgehead atoms. The molecule has 0 saturated carbocycles. The molecule has 9 nitrogen and oxygen atoms in total. The maximum absolute atomic E-state index is 14.3. The number of halogens is 3. The van der Waals surface area contributed by atoms with E-state index in [1.807, 2.05) is 12.1 Å². The molecule has 0 saturated heterocycles. The van der Waals surface area contributed by atoms with Gasteiger partial charge in [0.2, 0.25) is 0 Å². The van der Waals surface area contributed by atoms with E-state index in [9.17, 15) is 9.59 Å². The number of hydrogen-bond acceptors (Lipinski definition) is 9. The van der Waals surface area contributed by atoms with Crippen LogP contribution in [0.25, 0.3) is 6.08 Å². The summed E-state index contributed by atoms with van der Waals surface area (Å²) < 4.78 is 30.7. The molecule has 4 aromatic rings. The number of hydrogen-bond donors (Lipinski definition) is 0. The van der Waals surface area contributed by atoms with Crippen LogP contribution in [-0.4, -0.2) is 38.5 Å². The third-order valence-corrected chi connectivity index (χ3v) is 9.61. The van der Waals surface area contributed by atoms with E-state index in [4.69, 9.17) is 46.9 Å². The van der Waals surface area contributed by atoms with Crippen molar-refractivity contribution in [3.05, 3.63) is 111 Å². The van der Waals surface area contributed by atoms with Gasteiger partial charge in [-0.3, -0.25) is 9.36 Å². The minimum atomic E-state index is -0.873. The predicted molar refractivity (Wildman–Crippen MR) is 181 cm³/mol. The zero-order valence-corrected chi connectivity index (χ0v) is 29.4. The first-order valence-corrected chi connectivity index (χ1v) is 16.3. The van der Waals surface area contributed by atoms with Gasteiger partial charge >= 0.3 is 5.97 Å². The molecule has 46 heavy (non-hydrogen) atoms.